The Morgan fingerprint density at radius 1 is 1.35 bits per heavy atom. The lowest BCUT2D eigenvalue weighted by Crippen LogP contribution is -2.36. The van der Waals surface area contributed by atoms with Crippen LogP contribution in [0.4, 0.5) is 0 Å². The maximum Gasteiger partial charge on any atom is 0.321 e. The van der Waals surface area contributed by atoms with Crippen LogP contribution in [0.5, 0.6) is 0 Å². The van der Waals surface area contributed by atoms with Crippen LogP contribution >= 0.6 is 0 Å². The van der Waals surface area contributed by atoms with Gasteiger partial charge in [-0.1, -0.05) is 6.92 Å². The van der Waals surface area contributed by atoms with Gasteiger partial charge < -0.3 is 4.74 Å². The van der Waals surface area contributed by atoms with Crippen LogP contribution < -0.4 is 0 Å². The standard InChI is InChI=1S/C13H16N2O4S/c1-3-8-15(10-13(16)19-2)20(17,18)12-6-4-11(9-14)5-7-12/h4-7H,3,8,10H2,1-2H3. The third-order valence-corrected chi connectivity index (χ3v) is 4.49. The number of nitrogens with zero attached hydrogens (tertiary/aromatic N) is 2. The van der Waals surface area contributed by atoms with Crippen molar-refractivity contribution in [3.8, 4) is 6.07 Å². The molecule has 0 saturated carbocycles. The highest BCUT2D eigenvalue weighted by atomic mass is 32.2. The van der Waals surface area contributed by atoms with Crippen molar-refractivity contribution in [2.45, 2.75) is 18.2 Å². The predicted octanol–water partition coefficient (Wildman–Crippen LogP) is 1.13. The monoisotopic (exact) mass is 296 g/mol. The Hall–Kier alpha value is -1.91. The van der Waals surface area contributed by atoms with E-state index in [2.05, 4.69) is 4.74 Å². The zero-order valence-electron chi connectivity index (χ0n) is 11.4. The van der Waals surface area contributed by atoms with Gasteiger partial charge in [-0.3, -0.25) is 4.79 Å². The van der Waals surface area contributed by atoms with Crippen LogP contribution in [-0.4, -0.2) is 38.9 Å². The summed E-state index contributed by atoms with van der Waals surface area (Å²) in [6, 6.07) is 7.48. The summed E-state index contributed by atoms with van der Waals surface area (Å²) >= 11 is 0. The second kappa shape index (κ2) is 7.03. The first-order valence-corrected chi connectivity index (χ1v) is 7.46. The summed E-state index contributed by atoms with van der Waals surface area (Å²) in [5.41, 5.74) is 0.374. The van der Waals surface area contributed by atoms with Crippen molar-refractivity contribution in [3.05, 3.63) is 29.8 Å². The molecule has 0 atom stereocenters. The molecule has 0 amide bonds. The van der Waals surface area contributed by atoms with Crippen molar-refractivity contribution < 1.29 is 17.9 Å². The fourth-order valence-electron chi connectivity index (χ4n) is 1.59. The molecule has 0 aromatic heterocycles. The van der Waals surface area contributed by atoms with E-state index in [1.165, 1.54) is 31.4 Å². The Labute approximate surface area is 118 Å². The molecule has 0 aliphatic heterocycles. The molecule has 7 heteroatoms. The first-order valence-electron chi connectivity index (χ1n) is 6.02. The van der Waals surface area contributed by atoms with E-state index >= 15 is 0 Å². The van der Waals surface area contributed by atoms with Gasteiger partial charge in [0, 0.05) is 6.54 Å². The van der Waals surface area contributed by atoms with Gasteiger partial charge >= 0.3 is 5.97 Å². The van der Waals surface area contributed by atoms with Crippen LogP contribution in [0.15, 0.2) is 29.2 Å². The Kier molecular flexibility index (Phi) is 5.67. The zero-order valence-corrected chi connectivity index (χ0v) is 12.2. The van der Waals surface area contributed by atoms with Gasteiger partial charge in [-0.2, -0.15) is 9.57 Å². The van der Waals surface area contributed by atoms with E-state index in [9.17, 15) is 13.2 Å². The number of hydrogen-bond acceptors (Lipinski definition) is 5. The van der Waals surface area contributed by atoms with Crippen molar-refractivity contribution in [2.75, 3.05) is 20.2 Å². The summed E-state index contributed by atoms with van der Waals surface area (Å²) in [6.07, 6.45) is 0.576. The topological polar surface area (TPSA) is 87.5 Å². The van der Waals surface area contributed by atoms with E-state index in [-0.39, 0.29) is 18.0 Å². The number of carbonyl (C=O) groups is 1. The van der Waals surface area contributed by atoms with E-state index in [1.54, 1.807) is 0 Å². The van der Waals surface area contributed by atoms with E-state index in [0.29, 0.717) is 12.0 Å². The fourth-order valence-corrected chi connectivity index (χ4v) is 3.07. The highest BCUT2D eigenvalue weighted by Gasteiger charge is 2.26. The number of nitriles is 1. The lowest BCUT2D eigenvalue weighted by Gasteiger charge is -2.20. The van der Waals surface area contributed by atoms with Crippen LogP contribution in [0.3, 0.4) is 0 Å². The van der Waals surface area contributed by atoms with Gasteiger partial charge in [0.1, 0.15) is 6.54 Å². The Morgan fingerprint density at radius 3 is 2.40 bits per heavy atom. The molecule has 0 aliphatic carbocycles. The van der Waals surface area contributed by atoms with Crippen LogP contribution in [0.2, 0.25) is 0 Å². The van der Waals surface area contributed by atoms with E-state index < -0.39 is 16.0 Å². The third kappa shape index (κ3) is 3.79. The molecule has 0 heterocycles. The molecule has 0 bridgehead atoms. The van der Waals surface area contributed by atoms with E-state index in [1.807, 2.05) is 13.0 Å². The molecule has 0 aliphatic rings. The number of ether oxygens (including phenoxy) is 1. The third-order valence-electron chi connectivity index (χ3n) is 2.63. The largest absolute Gasteiger partial charge is 0.468 e. The molecular weight excluding hydrogens is 280 g/mol. The molecule has 108 valence electrons. The van der Waals surface area contributed by atoms with Crippen LogP contribution in [0.25, 0.3) is 0 Å². The Morgan fingerprint density at radius 2 is 1.95 bits per heavy atom. The molecule has 1 aromatic rings. The van der Waals surface area contributed by atoms with Crippen LogP contribution in [0, 0.1) is 11.3 Å². The molecule has 6 nitrogen and oxygen atoms in total. The SMILES string of the molecule is CCCN(CC(=O)OC)S(=O)(=O)c1ccc(C#N)cc1. The van der Waals surface area contributed by atoms with Crippen LogP contribution in [-0.2, 0) is 19.6 Å². The molecule has 20 heavy (non-hydrogen) atoms. The molecule has 0 spiro atoms. The van der Waals surface area contributed by atoms with Gasteiger partial charge in [-0.25, -0.2) is 8.42 Å². The van der Waals surface area contributed by atoms with Crippen molar-refractivity contribution in [3.63, 3.8) is 0 Å². The van der Waals surface area contributed by atoms with Crippen molar-refractivity contribution in [1.82, 2.24) is 4.31 Å². The number of esters is 1. The van der Waals surface area contributed by atoms with Gasteiger partial charge in [0.25, 0.3) is 0 Å². The van der Waals surface area contributed by atoms with Gasteiger partial charge in [-0.05, 0) is 30.7 Å². The van der Waals surface area contributed by atoms with E-state index in [4.69, 9.17) is 5.26 Å². The van der Waals surface area contributed by atoms with Crippen molar-refractivity contribution in [2.24, 2.45) is 0 Å². The summed E-state index contributed by atoms with van der Waals surface area (Å²) in [7, 11) is -2.56. The molecule has 0 saturated heterocycles. The highest BCUT2D eigenvalue weighted by molar-refractivity contribution is 7.89. The van der Waals surface area contributed by atoms with Crippen LogP contribution in [0.1, 0.15) is 18.9 Å². The molecule has 0 radical (unpaired) electrons. The number of methoxy groups -OCH3 is 1. The normalized spacial score (nSPS) is 11.1. The second-order valence-corrected chi connectivity index (χ2v) is 5.99. The molecule has 0 unspecified atom stereocenters. The average Bonchev–Trinajstić information content (AvgIpc) is 2.46. The molecular formula is C13H16N2O4S. The Balaban J connectivity index is 3.08. The minimum atomic E-state index is -3.77. The summed E-state index contributed by atoms with van der Waals surface area (Å²) in [4.78, 5) is 11.4. The smallest absolute Gasteiger partial charge is 0.321 e. The van der Waals surface area contributed by atoms with Gasteiger partial charge in [-0.15, -0.1) is 0 Å². The fraction of sp³-hybridized carbons (Fsp3) is 0.385. The highest BCUT2D eigenvalue weighted by Crippen LogP contribution is 2.16. The zero-order chi connectivity index (χ0) is 15.2. The minimum Gasteiger partial charge on any atom is -0.468 e. The maximum absolute atomic E-state index is 12.4. The lowest BCUT2D eigenvalue weighted by atomic mass is 10.2. The molecule has 0 fully saturated rings. The first-order chi connectivity index (χ1) is 9.45. The summed E-state index contributed by atoms with van der Waals surface area (Å²) in [5, 5.41) is 8.70. The number of sulfonamides is 1. The molecule has 1 rings (SSSR count). The average molecular weight is 296 g/mol. The lowest BCUT2D eigenvalue weighted by molar-refractivity contribution is -0.140. The van der Waals surface area contributed by atoms with Crippen molar-refractivity contribution >= 4 is 16.0 Å². The summed E-state index contributed by atoms with van der Waals surface area (Å²) < 4.78 is 30.4. The van der Waals surface area contributed by atoms with Gasteiger partial charge in [0.15, 0.2) is 0 Å². The van der Waals surface area contributed by atoms with E-state index in [0.717, 1.165) is 4.31 Å². The number of benzene rings is 1. The number of rotatable bonds is 6. The second-order valence-electron chi connectivity index (χ2n) is 4.05. The first kappa shape index (κ1) is 16.1. The van der Waals surface area contributed by atoms with Gasteiger partial charge in [0.05, 0.1) is 23.6 Å². The quantitative estimate of drug-likeness (QED) is 0.734. The predicted molar refractivity (Wildman–Crippen MR) is 72.2 cm³/mol. The number of carbonyl (C=O) groups excluding carboxylic acids is 1. The minimum absolute atomic E-state index is 0.0499. The summed E-state index contributed by atoms with van der Waals surface area (Å²) in [5.74, 6) is -0.615. The summed E-state index contributed by atoms with van der Waals surface area (Å²) in [6.45, 7) is 1.71. The maximum atomic E-state index is 12.4. The van der Waals surface area contributed by atoms with Gasteiger partial charge in [0.2, 0.25) is 10.0 Å². The molecule has 1 aromatic carbocycles. The molecule has 0 N–H and O–H groups in total. The number of hydrogen-bond donors (Lipinski definition) is 0. The van der Waals surface area contributed by atoms with Crippen molar-refractivity contribution in [1.29, 1.82) is 5.26 Å². The Bertz CT molecular complexity index is 602.